The fraction of sp³-hybridized carbons (Fsp3) is 0.944. The van der Waals surface area contributed by atoms with E-state index in [0.29, 0.717) is 32.8 Å². The first-order valence-corrected chi connectivity index (χ1v) is 18.1. The molecule has 2 atom stereocenters. The average molecular weight is 616 g/mol. The molecule has 0 bridgehead atoms. The molecule has 0 aliphatic rings. The minimum atomic E-state index is -1.41. The van der Waals surface area contributed by atoms with Crippen LogP contribution in [0.1, 0.15) is 158 Å². The highest BCUT2D eigenvalue weighted by Gasteiger charge is 2.60. The Labute approximate surface area is 267 Å². The summed E-state index contributed by atoms with van der Waals surface area (Å²) in [6, 6.07) is 0. The molecule has 0 aromatic rings. The molecule has 258 valence electrons. The van der Waals surface area contributed by atoms with Crippen LogP contribution in [0.15, 0.2) is 12.2 Å². The maximum atomic E-state index is 10.6. The van der Waals surface area contributed by atoms with Crippen LogP contribution in [0.2, 0.25) is 0 Å². The minimum Gasteiger partial charge on any atom is -0.392 e. The molecule has 2 N–H and O–H groups in total. The van der Waals surface area contributed by atoms with E-state index in [0.717, 1.165) is 51.4 Å². The van der Waals surface area contributed by atoms with Crippen LogP contribution >= 0.6 is 0 Å². The van der Waals surface area contributed by atoms with Crippen molar-refractivity contribution in [1.82, 2.24) is 4.90 Å². The molecule has 7 nitrogen and oxygen atoms in total. The van der Waals surface area contributed by atoms with Crippen LogP contribution in [0, 0.1) is 0 Å². The van der Waals surface area contributed by atoms with Gasteiger partial charge in [0.25, 0.3) is 5.91 Å². The first-order chi connectivity index (χ1) is 20.8. The number of rotatable bonds is 32. The van der Waals surface area contributed by atoms with Crippen molar-refractivity contribution in [2.75, 3.05) is 39.5 Å². The van der Waals surface area contributed by atoms with Crippen molar-refractivity contribution in [2.45, 2.75) is 182 Å². The SMILES string of the molecule is CCCCCCCC/C=C\CCCCCCC(OCCC)(OCCC)C(OCCC)(OCCC)N(CC(C)O)CC(C)O. The summed E-state index contributed by atoms with van der Waals surface area (Å²) in [5.41, 5.74) is 0. The molecule has 7 heteroatoms. The molecule has 43 heavy (non-hydrogen) atoms. The molecule has 0 aromatic heterocycles. The van der Waals surface area contributed by atoms with Gasteiger partial charge in [-0.15, -0.1) is 0 Å². The Balaban J connectivity index is 5.77. The molecular formula is C36H73NO6. The van der Waals surface area contributed by atoms with Crippen molar-refractivity contribution < 1.29 is 29.2 Å². The summed E-state index contributed by atoms with van der Waals surface area (Å²) in [7, 11) is 0. The van der Waals surface area contributed by atoms with Crippen LogP contribution in [-0.4, -0.2) is 78.5 Å². The molecule has 0 rings (SSSR count). The number of hydrogen-bond acceptors (Lipinski definition) is 7. The summed E-state index contributed by atoms with van der Waals surface area (Å²) in [4.78, 5) is 1.92. The molecule has 0 radical (unpaired) electrons. The minimum absolute atomic E-state index is 0.260. The zero-order valence-electron chi connectivity index (χ0n) is 29.5. The first-order valence-electron chi connectivity index (χ1n) is 18.1. The van der Waals surface area contributed by atoms with Gasteiger partial charge >= 0.3 is 0 Å². The smallest absolute Gasteiger partial charge is 0.287 e. The highest BCUT2D eigenvalue weighted by molar-refractivity contribution is 4.92. The van der Waals surface area contributed by atoms with Gasteiger partial charge in [-0.2, -0.15) is 0 Å². The molecule has 0 saturated carbocycles. The quantitative estimate of drug-likeness (QED) is 0.0445. The summed E-state index contributed by atoms with van der Waals surface area (Å²) in [6.07, 6.45) is 21.9. The largest absolute Gasteiger partial charge is 0.392 e. The number of aliphatic hydroxyl groups excluding tert-OH is 2. The molecule has 0 aromatic carbocycles. The maximum Gasteiger partial charge on any atom is 0.287 e. The van der Waals surface area contributed by atoms with Crippen LogP contribution in [0.5, 0.6) is 0 Å². The summed E-state index contributed by atoms with van der Waals surface area (Å²) >= 11 is 0. The van der Waals surface area contributed by atoms with Crippen LogP contribution in [0.3, 0.4) is 0 Å². The summed E-state index contributed by atoms with van der Waals surface area (Å²) in [6.45, 7) is 16.5. The van der Waals surface area contributed by atoms with Crippen molar-refractivity contribution in [3.63, 3.8) is 0 Å². The predicted molar refractivity (Wildman–Crippen MR) is 180 cm³/mol. The van der Waals surface area contributed by atoms with Gasteiger partial charge in [0.15, 0.2) is 0 Å². The van der Waals surface area contributed by atoms with E-state index in [9.17, 15) is 10.2 Å². The summed E-state index contributed by atoms with van der Waals surface area (Å²) in [5.74, 6) is -2.61. The highest BCUT2D eigenvalue weighted by atomic mass is 16.8. The Kier molecular flexibility index (Phi) is 27.4. The zero-order valence-corrected chi connectivity index (χ0v) is 29.5. The van der Waals surface area contributed by atoms with E-state index in [-0.39, 0.29) is 13.1 Å². The molecule has 0 spiro atoms. The summed E-state index contributed by atoms with van der Waals surface area (Å²) < 4.78 is 26.8. The van der Waals surface area contributed by atoms with Crippen LogP contribution in [0.4, 0.5) is 0 Å². The van der Waals surface area contributed by atoms with E-state index in [2.05, 4.69) is 46.8 Å². The fourth-order valence-electron chi connectivity index (χ4n) is 5.43. The van der Waals surface area contributed by atoms with Crippen molar-refractivity contribution >= 4 is 0 Å². The second kappa shape index (κ2) is 27.7. The zero-order chi connectivity index (χ0) is 32.2. The van der Waals surface area contributed by atoms with Crippen LogP contribution in [-0.2, 0) is 18.9 Å². The van der Waals surface area contributed by atoms with E-state index >= 15 is 0 Å². The van der Waals surface area contributed by atoms with E-state index < -0.39 is 23.9 Å². The van der Waals surface area contributed by atoms with Crippen molar-refractivity contribution in [3.05, 3.63) is 12.2 Å². The van der Waals surface area contributed by atoms with Crippen molar-refractivity contribution in [3.8, 4) is 0 Å². The lowest BCUT2D eigenvalue weighted by atomic mass is 9.99. The Hall–Kier alpha value is -0.540. The van der Waals surface area contributed by atoms with Crippen LogP contribution < -0.4 is 0 Å². The molecule has 0 fully saturated rings. The van der Waals surface area contributed by atoms with E-state index in [1.807, 2.05) is 4.90 Å². The Bertz CT molecular complexity index is 601. The van der Waals surface area contributed by atoms with E-state index in [4.69, 9.17) is 18.9 Å². The number of ether oxygens (including phenoxy) is 4. The van der Waals surface area contributed by atoms with Crippen molar-refractivity contribution in [2.24, 2.45) is 0 Å². The number of hydrogen-bond donors (Lipinski definition) is 2. The van der Waals surface area contributed by atoms with Gasteiger partial charge < -0.3 is 29.2 Å². The first kappa shape index (κ1) is 42.5. The number of unbranched alkanes of at least 4 members (excludes halogenated alkanes) is 10. The van der Waals surface area contributed by atoms with Gasteiger partial charge in [-0.25, -0.2) is 4.90 Å². The highest BCUT2D eigenvalue weighted by Crippen LogP contribution is 2.41. The van der Waals surface area contributed by atoms with Gasteiger partial charge in [0.2, 0.25) is 5.79 Å². The molecule has 0 saturated heterocycles. The number of aliphatic hydroxyl groups is 2. The lowest BCUT2D eigenvalue weighted by molar-refractivity contribution is -0.461. The fourth-order valence-corrected chi connectivity index (χ4v) is 5.43. The lowest BCUT2D eigenvalue weighted by Gasteiger charge is -2.53. The molecule has 0 amide bonds. The Morgan fingerprint density at radius 2 is 0.930 bits per heavy atom. The summed E-state index contributed by atoms with van der Waals surface area (Å²) in [5, 5.41) is 21.1. The second-order valence-corrected chi connectivity index (χ2v) is 12.3. The predicted octanol–water partition coefficient (Wildman–Crippen LogP) is 8.75. The number of allylic oxidation sites excluding steroid dienone is 2. The van der Waals surface area contributed by atoms with Gasteiger partial charge in [-0.1, -0.05) is 91.7 Å². The molecular weight excluding hydrogens is 542 g/mol. The Morgan fingerprint density at radius 3 is 1.35 bits per heavy atom. The van der Waals surface area contributed by atoms with Crippen molar-refractivity contribution in [1.29, 1.82) is 0 Å². The molecule has 0 aliphatic carbocycles. The van der Waals surface area contributed by atoms with Gasteiger partial charge in [0, 0.05) is 19.5 Å². The van der Waals surface area contributed by atoms with Gasteiger partial charge in [-0.3, -0.25) is 0 Å². The number of nitrogens with zero attached hydrogens (tertiary/aromatic N) is 1. The molecule has 0 heterocycles. The topological polar surface area (TPSA) is 80.6 Å². The third-order valence-corrected chi connectivity index (χ3v) is 7.47. The average Bonchev–Trinajstić information content (AvgIpc) is 2.98. The molecule has 2 unspecified atom stereocenters. The van der Waals surface area contributed by atoms with E-state index in [1.54, 1.807) is 13.8 Å². The Morgan fingerprint density at radius 1 is 0.535 bits per heavy atom. The third kappa shape index (κ3) is 18.3. The maximum absolute atomic E-state index is 10.6. The van der Waals surface area contributed by atoms with Gasteiger partial charge in [-0.05, 0) is 71.6 Å². The van der Waals surface area contributed by atoms with Gasteiger partial charge in [0.1, 0.15) is 0 Å². The van der Waals surface area contributed by atoms with E-state index in [1.165, 1.54) is 51.4 Å². The van der Waals surface area contributed by atoms with Gasteiger partial charge in [0.05, 0.1) is 38.6 Å². The second-order valence-electron chi connectivity index (χ2n) is 12.3. The van der Waals surface area contributed by atoms with Crippen LogP contribution in [0.25, 0.3) is 0 Å². The monoisotopic (exact) mass is 616 g/mol. The normalized spacial score (nSPS) is 14.3. The standard InChI is InChI=1S/C36H73NO6/c1-8-13-14-15-16-17-18-19-20-21-22-23-24-25-26-35(40-27-9-2,41-28-10-3)36(42-29-11-4,43-30-12-5)37(31-33(6)38)32-34(7)39/h19-20,33-34,38-39H,8-18,21-32H2,1-7H3/b20-19-. The third-order valence-electron chi connectivity index (χ3n) is 7.47. The lowest BCUT2D eigenvalue weighted by Crippen LogP contribution is -2.71. The molecule has 0 aliphatic heterocycles.